The van der Waals surface area contributed by atoms with Gasteiger partial charge in [-0.2, -0.15) is 4.31 Å². The van der Waals surface area contributed by atoms with Gasteiger partial charge in [-0.25, -0.2) is 8.42 Å². The highest BCUT2D eigenvalue weighted by Gasteiger charge is 2.31. The first-order valence-corrected chi connectivity index (χ1v) is 11.2. The summed E-state index contributed by atoms with van der Waals surface area (Å²) in [6.07, 6.45) is 3.40. The molecule has 1 amide bonds. The number of nitrogens with zero attached hydrogens (tertiary/aromatic N) is 2. The predicted octanol–water partition coefficient (Wildman–Crippen LogP) is 0.930. The molecule has 0 aromatic heterocycles. The maximum atomic E-state index is 13.1. The van der Waals surface area contributed by atoms with Gasteiger partial charge < -0.3 is 9.80 Å². The average molecular weight is 415 g/mol. The Labute approximate surface area is 172 Å². The van der Waals surface area contributed by atoms with Crippen molar-refractivity contribution in [1.29, 1.82) is 0 Å². The molecule has 6 nitrogen and oxygen atoms in total. The van der Waals surface area contributed by atoms with Crippen LogP contribution in [0.15, 0.2) is 72.7 Å². The van der Waals surface area contributed by atoms with Crippen molar-refractivity contribution < 1.29 is 18.1 Å². The Balaban J connectivity index is 1.63. The number of fused-ring (bicyclic) bond motifs is 1. The van der Waals surface area contributed by atoms with E-state index in [9.17, 15) is 13.2 Å². The Morgan fingerprint density at radius 3 is 2.28 bits per heavy atom. The van der Waals surface area contributed by atoms with Gasteiger partial charge in [-0.05, 0) is 22.9 Å². The van der Waals surface area contributed by atoms with Gasteiger partial charge in [0.15, 0.2) is 6.54 Å². The number of nitrogens with one attached hydrogen (secondary N) is 1. The molecular formula is C22H28N3O3S+. The van der Waals surface area contributed by atoms with Crippen LogP contribution in [-0.2, 0) is 14.8 Å². The third-order valence-corrected chi connectivity index (χ3v) is 7.14. The van der Waals surface area contributed by atoms with Crippen LogP contribution >= 0.6 is 0 Å². The lowest BCUT2D eigenvalue weighted by Gasteiger charge is -2.32. The SMILES string of the molecule is C=CCN(CC=C)C(=O)C[NH+]1CCN(S(=O)(=O)c2ccc3ccccc3c2)CC1. The molecule has 2 aromatic rings. The molecule has 1 N–H and O–H groups in total. The highest BCUT2D eigenvalue weighted by Crippen LogP contribution is 2.21. The Kier molecular flexibility index (Phi) is 6.84. The highest BCUT2D eigenvalue weighted by molar-refractivity contribution is 7.89. The number of carbonyl (C=O) groups is 1. The summed E-state index contributed by atoms with van der Waals surface area (Å²) in [6.45, 7) is 10.7. The van der Waals surface area contributed by atoms with Gasteiger partial charge in [0.2, 0.25) is 10.0 Å². The molecule has 1 aliphatic rings. The van der Waals surface area contributed by atoms with Crippen molar-refractivity contribution in [2.75, 3.05) is 45.8 Å². The van der Waals surface area contributed by atoms with Crippen LogP contribution in [0.5, 0.6) is 0 Å². The number of carbonyl (C=O) groups excluding carboxylic acids is 1. The number of hydrogen-bond acceptors (Lipinski definition) is 3. The monoisotopic (exact) mass is 414 g/mol. The molecule has 0 saturated carbocycles. The summed E-state index contributed by atoms with van der Waals surface area (Å²) in [4.78, 5) is 15.6. The summed E-state index contributed by atoms with van der Waals surface area (Å²) in [5, 5.41) is 1.93. The van der Waals surface area contributed by atoms with Gasteiger partial charge in [-0.15, -0.1) is 13.2 Å². The maximum absolute atomic E-state index is 13.1. The van der Waals surface area contributed by atoms with Gasteiger partial charge in [-0.3, -0.25) is 4.79 Å². The minimum atomic E-state index is -3.54. The molecule has 0 bridgehead atoms. The van der Waals surface area contributed by atoms with E-state index in [2.05, 4.69) is 13.2 Å². The second-order valence-electron chi connectivity index (χ2n) is 7.22. The Morgan fingerprint density at radius 1 is 1.03 bits per heavy atom. The normalized spacial score (nSPS) is 15.9. The molecule has 7 heteroatoms. The van der Waals surface area contributed by atoms with Crippen molar-refractivity contribution in [3.63, 3.8) is 0 Å². The second-order valence-corrected chi connectivity index (χ2v) is 9.15. The molecule has 0 aliphatic carbocycles. The fraction of sp³-hybridized carbons (Fsp3) is 0.318. The second kappa shape index (κ2) is 9.35. The molecule has 1 saturated heterocycles. The Morgan fingerprint density at radius 2 is 1.66 bits per heavy atom. The van der Waals surface area contributed by atoms with Gasteiger partial charge in [0.1, 0.15) is 0 Å². The lowest BCUT2D eigenvalue weighted by molar-refractivity contribution is -0.896. The Hall–Kier alpha value is -2.48. The summed E-state index contributed by atoms with van der Waals surface area (Å²) in [6, 6.07) is 13.0. The molecule has 0 atom stereocenters. The first-order valence-electron chi connectivity index (χ1n) is 9.78. The largest absolute Gasteiger partial charge is 0.330 e. The highest BCUT2D eigenvalue weighted by atomic mass is 32.2. The van der Waals surface area contributed by atoms with Gasteiger partial charge in [0.05, 0.1) is 31.1 Å². The first-order chi connectivity index (χ1) is 14.0. The minimum Gasteiger partial charge on any atom is -0.330 e. The first kappa shape index (κ1) is 21.2. The minimum absolute atomic E-state index is 0.0330. The van der Waals surface area contributed by atoms with E-state index in [1.165, 1.54) is 4.31 Å². The lowest BCUT2D eigenvalue weighted by Crippen LogP contribution is -3.15. The zero-order valence-electron chi connectivity index (χ0n) is 16.6. The summed E-state index contributed by atoms with van der Waals surface area (Å²) >= 11 is 0. The van der Waals surface area contributed by atoms with Gasteiger partial charge in [0.25, 0.3) is 5.91 Å². The Bertz CT molecular complexity index is 985. The zero-order chi connectivity index (χ0) is 20.9. The maximum Gasteiger partial charge on any atom is 0.278 e. The molecule has 1 aliphatic heterocycles. The van der Waals surface area contributed by atoms with Crippen LogP contribution in [0.2, 0.25) is 0 Å². The number of benzene rings is 2. The molecule has 3 rings (SSSR count). The number of rotatable bonds is 8. The van der Waals surface area contributed by atoms with Gasteiger partial charge in [0, 0.05) is 13.1 Å². The lowest BCUT2D eigenvalue weighted by atomic mass is 10.1. The quantitative estimate of drug-likeness (QED) is 0.654. The van der Waals surface area contributed by atoms with Crippen molar-refractivity contribution in [3.8, 4) is 0 Å². The van der Waals surface area contributed by atoms with E-state index in [-0.39, 0.29) is 5.91 Å². The number of amides is 1. The third-order valence-electron chi connectivity index (χ3n) is 5.24. The molecule has 0 spiro atoms. The average Bonchev–Trinajstić information content (AvgIpc) is 2.73. The van der Waals surface area contributed by atoms with Crippen LogP contribution in [0.4, 0.5) is 0 Å². The molecule has 2 aromatic carbocycles. The van der Waals surface area contributed by atoms with Crippen molar-refractivity contribution in [2.45, 2.75) is 4.90 Å². The fourth-order valence-corrected chi connectivity index (χ4v) is 5.09. The van der Waals surface area contributed by atoms with Gasteiger partial charge >= 0.3 is 0 Å². The fourth-order valence-electron chi connectivity index (χ4n) is 3.61. The van der Waals surface area contributed by atoms with E-state index < -0.39 is 10.0 Å². The zero-order valence-corrected chi connectivity index (χ0v) is 17.4. The van der Waals surface area contributed by atoms with Crippen LogP contribution in [0.25, 0.3) is 10.8 Å². The van der Waals surface area contributed by atoms with E-state index in [1.54, 1.807) is 29.2 Å². The van der Waals surface area contributed by atoms with Crippen LogP contribution in [0.1, 0.15) is 0 Å². The summed E-state index contributed by atoms with van der Waals surface area (Å²) in [5.74, 6) is 0.0330. The summed E-state index contributed by atoms with van der Waals surface area (Å²) < 4.78 is 27.6. The van der Waals surface area contributed by atoms with Crippen LogP contribution in [-0.4, -0.2) is 69.3 Å². The van der Waals surface area contributed by atoms with Crippen LogP contribution in [0, 0.1) is 0 Å². The van der Waals surface area contributed by atoms with Gasteiger partial charge in [-0.1, -0.05) is 42.5 Å². The number of piperazine rings is 1. The number of hydrogen-bond donors (Lipinski definition) is 1. The van der Waals surface area contributed by atoms with Crippen LogP contribution in [0.3, 0.4) is 0 Å². The topological polar surface area (TPSA) is 62.1 Å². The third kappa shape index (κ3) is 4.93. The van der Waals surface area contributed by atoms with Crippen molar-refractivity contribution in [1.82, 2.24) is 9.21 Å². The molecule has 0 unspecified atom stereocenters. The van der Waals surface area contributed by atoms with Crippen molar-refractivity contribution >= 4 is 26.7 Å². The molecule has 1 fully saturated rings. The predicted molar refractivity (Wildman–Crippen MR) is 115 cm³/mol. The van der Waals surface area contributed by atoms with E-state index in [4.69, 9.17) is 0 Å². The molecule has 29 heavy (non-hydrogen) atoms. The number of quaternary nitrogens is 1. The molecule has 154 valence electrons. The molecule has 1 heterocycles. The van der Waals surface area contributed by atoms with E-state index in [0.29, 0.717) is 50.7 Å². The molecular weight excluding hydrogens is 386 g/mol. The smallest absolute Gasteiger partial charge is 0.278 e. The van der Waals surface area contributed by atoms with Crippen molar-refractivity contribution in [3.05, 3.63) is 67.8 Å². The standard InChI is InChI=1S/C22H27N3O3S/c1-3-11-24(12-4-2)22(26)18-23-13-15-25(16-14-23)29(27,28)21-10-9-19-7-5-6-8-20(19)17-21/h3-10,17H,1-2,11-16,18H2/p+1. The van der Waals surface area contributed by atoms with E-state index >= 15 is 0 Å². The van der Waals surface area contributed by atoms with E-state index in [1.807, 2.05) is 30.3 Å². The van der Waals surface area contributed by atoms with Crippen molar-refractivity contribution in [2.24, 2.45) is 0 Å². The van der Waals surface area contributed by atoms with Crippen LogP contribution < -0.4 is 4.90 Å². The molecule has 0 radical (unpaired) electrons. The van der Waals surface area contributed by atoms with E-state index in [0.717, 1.165) is 15.7 Å². The summed E-state index contributed by atoms with van der Waals surface area (Å²) in [5.41, 5.74) is 0. The number of sulfonamides is 1. The summed E-state index contributed by atoms with van der Waals surface area (Å²) in [7, 11) is -3.54.